The van der Waals surface area contributed by atoms with Crippen LogP contribution in [-0.4, -0.2) is 22.0 Å². The van der Waals surface area contributed by atoms with Gasteiger partial charge in [-0.05, 0) is 35.9 Å². The van der Waals surface area contributed by atoms with E-state index >= 15 is 0 Å². The zero-order chi connectivity index (χ0) is 19.8. The lowest BCUT2D eigenvalue weighted by Crippen LogP contribution is -2.43. The SMILES string of the molecule is Cn1cc(C(=O)N(c2cc(F)ccc2-c2ccc(F)cc2)C(F)(F)F)cn1. The van der Waals surface area contributed by atoms with Crippen molar-refractivity contribution in [3.05, 3.63) is 72.1 Å². The van der Waals surface area contributed by atoms with Crippen LogP contribution in [0.2, 0.25) is 0 Å². The van der Waals surface area contributed by atoms with Gasteiger partial charge in [-0.25, -0.2) is 13.7 Å². The Bertz CT molecular complexity index is 979. The number of amides is 1. The number of aromatic nitrogens is 2. The number of aryl methyl sites for hydroxylation is 1. The van der Waals surface area contributed by atoms with Crippen molar-refractivity contribution in [2.45, 2.75) is 6.30 Å². The minimum atomic E-state index is -5.13. The van der Waals surface area contributed by atoms with Gasteiger partial charge >= 0.3 is 6.30 Å². The molecule has 140 valence electrons. The topological polar surface area (TPSA) is 38.1 Å². The van der Waals surface area contributed by atoms with Crippen molar-refractivity contribution >= 4 is 11.6 Å². The summed E-state index contributed by atoms with van der Waals surface area (Å²) in [7, 11) is 1.45. The maximum atomic E-state index is 13.8. The van der Waals surface area contributed by atoms with Gasteiger partial charge in [0.2, 0.25) is 0 Å². The van der Waals surface area contributed by atoms with Crippen LogP contribution in [0, 0.1) is 11.6 Å². The van der Waals surface area contributed by atoms with Crippen LogP contribution < -0.4 is 4.90 Å². The Kier molecular flexibility index (Phi) is 4.69. The molecule has 1 heterocycles. The van der Waals surface area contributed by atoms with Gasteiger partial charge in [-0.3, -0.25) is 9.48 Å². The smallest absolute Gasteiger partial charge is 0.275 e. The number of rotatable bonds is 3. The summed E-state index contributed by atoms with van der Waals surface area (Å²) in [5, 5.41) is 3.69. The van der Waals surface area contributed by atoms with E-state index in [4.69, 9.17) is 0 Å². The van der Waals surface area contributed by atoms with E-state index in [1.165, 1.54) is 23.9 Å². The maximum Gasteiger partial charge on any atom is 0.491 e. The molecule has 0 fully saturated rings. The van der Waals surface area contributed by atoms with Gasteiger partial charge in [0.15, 0.2) is 0 Å². The van der Waals surface area contributed by atoms with Crippen molar-refractivity contribution in [2.75, 3.05) is 4.90 Å². The van der Waals surface area contributed by atoms with E-state index in [2.05, 4.69) is 5.10 Å². The number of nitrogens with zero attached hydrogens (tertiary/aromatic N) is 3. The fourth-order valence-electron chi connectivity index (χ4n) is 2.59. The number of carbonyl (C=O) groups is 1. The van der Waals surface area contributed by atoms with Crippen molar-refractivity contribution < 1.29 is 26.7 Å². The molecule has 0 atom stereocenters. The van der Waals surface area contributed by atoms with Crippen LogP contribution in [0.3, 0.4) is 0 Å². The molecule has 4 nitrogen and oxygen atoms in total. The predicted molar refractivity (Wildman–Crippen MR) is 87.9 cm³/mol. The van der Waals surface area contributed by atoms with Gasteiger partial charge in [0.25, 0.3) is 5.91 Å². The third kappa shape index (κ3) is 3.81. The van der Waals surface area contributed by atoms with Crippen LogP contribution in [0.1, 0.15) is 10.4 Å². The highest BCUT2D eigenvalue weighted by molar-refractivity contribution is 6.08. The Labute approximate surface area is 150 Å². The molecule has 0 spiro atoms. The third-order valence-corrected chi connectivity index (χ3v) is 3.76. The maximum absolute atomic E-state index is 13.8. The zero-order valence-electron chi connectivity index (χ0n) is 13.8. The first-order valence-electron chi connectivity index (χ1n) is 7.62. The summed E-state index contributed by atoms with van der Waals surface area (Å²) in [4.78, 5) is 12.1. The highest BCUT2D eigenvalue weighted by atomic mass is 19.4. The summed E-state index contributed by atoms with van der Waals surface area (Å²) < 4.78 is 69.3. The quantitative estimate of drug-likeness (QED) is 0.494. The van der Waals surface area contributed by atoms with Gasteiger partial charge in [0.1, 0.15) is 11.6 Å². The van der Waals surface area contributed by atoms with Crippen LogP contribution in [0.25, 0.3) is 11.1 Å². The standard InChI is InChI=1S/C18H12F5N3O/c1-25-10-12(9-24-25)17(27)26(18(21,22)23)16-8-14(20)6-7-15(16)11-2-4-13(19)5-3-11/h2-10H,1H3. The van der Waals surface area contributed by atoms with Crippen molar-refractivity contribution in [3.8, 4) is 11.1 Å². The Morgan fingerprint density at radius 2 is 1.67 bits per heavy atom. The van der Waals surface area contributed by atoms with E-state index in [1.807, 2.05) is 0 Å². The summed E-state index contributed by atoms with van der Waals surface area (Å²) in [5.74, 6) is -2.95. The molecule has 3 rings (SSSR count). The zero-order valence-corrected chi connectivity index (χ0v) is 13.8. The van der Waals surface area contributed by atoms with Gasteiger partial charge in [0, 0.05) is 18.8 Å². The molecule has 27 heavy (non-hydrogen) atoms. The van der Waals surface area contributed by atoms with E-state index in [9.17, 15) is 26.7 Å². The van der Waals surface area contributed by atoms with Gasteiger partial charge in [-0.15, -0.1) is 13.2 Å². The molecule has 0 unspecified atom stereocenters. The lowest BCUT2D eigenvalue weighted by atomic mass is 10.0. The average Bonchev–Trinajstić information content (AvgIpc) is 3.01. The first kappa shape index (κ1) is 18.6. The number of anilines is 1. The Hall–Kier alpha value is -3.23. The molecule has 3 aromatic rings. The van der Waals surface area contributed by atoms with Crippen molar-refractivity contribution in [3.63, 3.8) is 0 Å². The summed E-state index contributed by atoms with van der Waals surface area (Å²) in [6, 6.07) is 7.29. The summed E-state index contributed by atoms with van der Waals surface area (Å²) >= 11 is 0. The van der Waals surface area contributed by atoms with E-state index in [-0.39, 0.29) is 16.7 Å². The van der Waals surface area contributed by atoms with Crippen LogP contribution in [-0.2, 0) is 7.05 Å². The number of benzene rings is 2. The fraction of sp³-hybridized carbons (Fsp3) is 0.111. The molecule has 0 bridgehead atoms. The lowest BCUT2D eigenvalue weighted by Gasteiger charge is -2.27. The molecule has 1 aromatic heterocycles. The fourth-order valence-corrected chi connectivity index (χ4v) is 2.59. The summed E-state index contributed by atoms with van der Waals surface area (Å²) in [5.41, 5.74) is -0.905. The molecule has 0 aliphatic carbocycles. The first-order valence-corrected chi connectivity index (χ1v) is 7.62. The van der Waals surface area contributed by atoms with E-state index < -0.39 is 34.4 Å². The number of hydrogen-bond donors (Lipinski definition) is 0. The Balaban J connectivity index is 2.19. The second-order valence-electron chi connectivity index (χ2n) is 5.68. The molecule has 9 heteroatoms. The molecule has 2 aromatic carbocycles. The van der Waals surface area contributed by atoms with Crippen LogP contribution in [0.15, 0.2) is 54.9 Å². The van der Waals surface area contributed by atoms with Gasteiger partial charge in [-0.1, -0.05) is 12.1 Å². The number of hydrogen-bond acceptors (Lipinski definition) is 2. The Morgan fingerprint density at radius 3 is 2.22 bits per heavy atom. The van der Waals surface area contributed by atoms with Crippen LogP contribution in [0.4, 0.5) is 27.6 Å². The van der Waals surface area contributed by atoms with Crippen LogP contribution >= 0.6 is 0 Å². The van der Waals surface area contributed by atoms with E-state index in [0.29, 0.717) is 6.07 Å². The van der Waals surface area contributed by atoms with Crippen molar-refractivity contribution in [1.82, 2.24) is 9.78 Å². The second kappa shape index (κ2) is 6.82. The minimum absolute atomic E-state index is 0.0778. The molecule has 0 saturated heterocycles. The summed E-state index contributed by atoms with van der Waals surface area (Å²) in [6.45, 7) is 0. The molecule has 1 amide bonds. The normalized spacial score (nSPS) is 11.5. The summed E-state index contributed by atoms with van der Waals surface area (Å²) in [6.07, 6.45) is -3.02. The molecule has 0 aliphatic rings. The molecular formula is C18H12F5N3O. The predicted octanol–water partition coefficient (Wildman–Crippen LogP) is 4.53. The van der Waals surface area contributed by atoms with E-state index in [0.717, 1.165) is 36.7 Å². The molecule has 0 aliphatic heterocycles. The molecular weight excluding hydrogens is 369 g/mol. The lowest BCUT2D eigenvalue weighted by molar-refractivity contribution is -0.122. The van der Waals surface area contributed by atoms with Gasteiger partial charge in [0.05, 0.1) is 17.4 Å². The number of alkyl halides is 3. The molecule has 0 saturated carbocycles. The van der Waals surface area contributed by atoms with Crippen molar-refractivity contribution in [1.29, 1.82) is 0 Å². The largest absolute Gasteiger partial charge is 0.491 e. The second-order valence-corrected chi connectivity index (χ2v) is 5.68. The average molecular weight is 381 g/mol. The highest BCUT2D eigenvalue weighted by Gasteiger charge is 2.44. The van der Waals surface area contributed by atoms with Gasteiger partial charge in [-0.2, -0.15) is 5.10 Å². The minimum Gasteiger partial charge on any atom is -0.275 e. The Morgan fingerprint density at radius 1 is 1.04 bits per heavy atom. The van der Waals surface area contributed by atoms with E-state index in [1.54, 1.807) is 0 Å². The number of carbonyl (C=O) groups excluding carboxylic acids is 1. The first-order chi connectivity index (χ1) is 12.7. The van der Waals surface area contributed by atoms with Crippen molar-refractivity contribution in [2.24, 2.45) is 7.05 Å². The monoisotopic (exact) mass is 381 g/mol. The molecule has 0 radical (unpaired) electrons. The molecule has 0 N–H and O–H groups in total. The number of halogens is 5. The van der Waals surface area contributed by atoms with Crippen LogP contribution in [0.5, 0.6) is 0 Å². The highest BCUT2D eigenvalue weighted by Crippen LogP contribution is 2.38. The third-order valence-electron chi connectivity index (χ3n) is 3.76. The van der Waals surface area contributed by atoms with Gasteiger partial charge < -0.3 is 0 Å².